The first kappa shape index (κ1) is 23.6. The smallest absolute Gasteiger partial charge is 0.329 e. The molecule has 9 heteroatoms. The molecule has 0 spiro atoms. The first-order valence-electron chi connectivity index (χ1n) is 9.82. The van der Waals surface area contributed by atoms with E-state index in [1.165, 1.54) is 20.4 Å². The number of hydrogen-bond donors (Lipinski definition) is 2. The van der Waals surface area contributed by atoms with Crippen LogP contribution < -0.4 is 25.0 Å². The van der Waals surface area contributed by atoms with Gasteiger partial charge in [0.25, 0.3) is 0 Å². The van der Waals surface area contributed by atoms with E-state index < -0.39 is 11.8 Å². The van der Waals surface area contributed by atoms with E-state index in [-0.39, 0.29) is 0 Å². The Morgan fingerprint density at radius 1 is 0.909 bits per heavy atom. The van der Waals surface area contributed by atoms with Crippen LogP contribution in [0.1, 0.15) is 11.1 Å². The van der Waals surface area contributed by atoms with Gasteiger partial charge in [0, 0.05) is 11.1 Å². The number of nitrogens with one attached hydrogen (secondary N) is 2. The zero-order valence-electron chi connectivity index (χ0n) is 18.0. The maximum absolute atomic E-state index is 12.1. The fourth-order valence-corrected chi connectivity index (χ4v) is 2.82. The molecule has 0 aliphatic rings. The van der Waals surface area contributed by atoms with Gasteiger partial charge in [-0.05, 0) is 59.7 Å². The van der Waals surface area contributed by atoms with Gasteiger partial charge in [-0.1, -0.05) is 23.7 Å². The van der Waals surface area contributed by atoms with E-state index >= 15 is 0 Å². The summed E-state index contributed by atoms with van der Waals surface area (Å²) in [5.41, 5.74) is 4.23. The molecule has 0 saturated carbocycles. The minimum atomic E-state index is -0.924. The van der Waals surface area contributed by atoms with Crippen molar-refractivity contribution in [2.24, 2.45) is 5.10 Å². The van der Waals surface area contributed by atoms with E-state index in [1.807, 2.05) is 24.3 Å². The highest BCUT2D eigenvalue weighted by Crippen LogP contribution is 2.28. The number of nitrogens with zero attached hydrogens (tertiary/aromatic N) is 1. The maximum Gasteiger partial charge on any atom is 0.329 e. The summed E-state index contributed by atoms with van der Waals surface area (Å²) in [6, 6.07) is 19.3. The molecule has 0 aromatic heterocycles. The van der Waals surface area contributed by atoms with Gasteiger partial charge in [0.1, 0.15) is 23.9 Å². The van der Waals surface area contributed by atoms with Crippen LogP contribution in [0.15, 0.2) is 71.8 Å². The van der Waals surface area contributed by atoms with Crippen LogP contribution in [-0.2, 0) is 16.2 Å². The molecule has 33 heavy (non-hydrogen) atoms. The number of amides is 2. The lowest BCUT2D eigenvalue weighted by atomic mass is 10.2. The fraction of sp³-hybridized carbons (Fsp3) is 0.125. The second-order valence-corrected chi connectivity index (χ2v) is 7.14. The van der Waals surface area contributed by atoms with Crippen LogP contribution in [0.3, 0.4) is 0 Å². The Hall–Kier alpha value is -4.04. The summed E-state index contributed by atoms with van der Waals surface area (Å²) in [7, 11) is 2.96. The fourth-order valence-electron chi connectivity index (χ4n) is 2.69. The molecule has 2 amide bonds. The highest BCUT2D eigenvalue weighted by molar-refractivity contribution is 6.39. The molecule has 0 bridgehead atoms. The van der Waals surface area contributed by atoms with Crippen LogP contribution in [0.25, 0.3) is 0 Å². The van der Waals surface area contributed by atoms with Gasteiger partial charge in [0.15, 0.2) is 0 Å². The van der Waals surface area contributed by atoms with Gasteiger partial charge in [-0.25, -0.2) is 5.43 Å². The lowest BCUT2D eigenvalue weighted by Crippen LogP contribution is -2.32. The first-order valence-corrected chi connectivity index (χ1v) is 10.2. The molecular formula is C24H22ClN3O5. The molecule has 0 atom stereocenters. The molecule has 0 heterocycles. The number of anilines is 1. The number of carbonyl (C=O) groups excluding carboxylic acids is 2. The van der Waals surface area contributed by atoms with Crippen molar-refractivity contribution in [1.29, 1.82) is 0 Å². The lowest BCUT2D eigenvalue weighted by molar-refractivity contribution is -0.136. The van der Waals surface area contributed by atoms with Crippen molar-refractivity contribution in [2.75, 3.05) is 19.5 Å². The van der Waals surface area contributed by atoms with Crippen LogP contribution in [0, 0.1) is 0 Å². The molecule has 0 aliphatic carbocycles. The van der Waals surface area contributed by atoms with Crippen molar-refractivity contribution < 1.29 is 23.8 Å². The van der Waals surface area contributed by atoms with Crippen molar-refractivity contribution in [3.8, 4) is 17.2 Å². The standard InChI is InChI=1S/C24H22ClN3O5/c1-31-20-11-12-21(22(13-20)32-2)27-23(29)24(30)28-26-14-16-5-9-19(10-6-16)33-15-17-3-7-18(25)8-4-17/h3-14H,15H2,1-2H3,(H,27,29)(H,28,30)/b26-14-. The van der Waals surface area contributed by atoms with Gasteiger partial charge in [-0.15, -0.1) is 0 Å². The number of hydrogen-bond acceptors (Lipinski definition) is 6. The summed E-state index contributed by atoms with van der Waals surface area (Å²) in [5, 5.41) is 6.96. The lowest BCUT2D eigenvalue weighted by Gasteiger charge is -2.10. The Kier molecular flexibility index (Phi) is 8.26. The third-order valence-corrected chi connectivity index (χ3v) is 4.69. The number of methoxy groups -OCH3 is 2. The van der Waals surface area contributed by atoms with Gasteiger partial charge in [-0.3, -0.25) is 9.59 Å². The van der Waals surface area contributed by atoms with E-state index in [2.05, 4.69) is 15.8 Å². The second-order valence-electron chi connectivity index (χ2n) is 6.70. The number of ether oxygens (including phenoxy) is 3. The summed E-state index contributed by atoms with van der Waals surface area (Å²) < 4.78 is 16.0. The van der Waals surface area contributed by atoms with Gasteiger partial charge < -0.3 is 19.5 Å². The Morgan fingerprint density at radius 2 is 1.61 bits per heavy atom. The van der Waals surface area contributed by atoms with Crippen LogP contribution in [-0.4, -0.2) is 32.2 Å². The highest BCUT2D eigenvalue weighted by Gasteiger charge is 2.15. The summed E-state index contributed by atoms with van der Waals surface area (Å²) >= 11 is 5.87. The molecule has 0 radical (unpaired) electrons. The van der Waals surface area contributed by atoms with Crippen molar-refractivity contribution in [2.45, 2.75) is 6.61 Å². The predicted octanol–water partition coefficient (Wildman–Crippen LogP) is 4.03. The molecular weight excluding hydrogens is 446 g/mol. The summed E-state index contributed by atoms with van der Waals surface area (Å²) in [4.78, 5) is 24.1. The molecule has 3 rings (SSSR count). The van der Waals surface area contributed by atoms with Crippen molar-refractivity contribution in [1.82, 2.24) is 5.43 Å². The van der Waals surface area contributed by atoms with Crippen LogP contribution in [0.5, 0.6) is 17.2 Å². The van der Waals surface area contributed by atoms with Gasteiger partial charge in [-0.2, -0.15) is 5.10 Å². The van der Waals surface area contributed by atoms with E-state index in [1.54, 1.807) is 42.5 Å². The second kappa shape index (κ2) is 11.5. The normalized spacial score (nSPS) is 10.5. The first-order chi connectivity index (χ1) is 16.0. The molecule has 3 aromatic carbocycles. The average Bonchev–Trinajstić information content (AvgIpc) is 2.84. The monoisotopic (exact) mass is 467 g/mol. The number of hydrazone groups is 1. The van der Waals surface area contributed by atoms with Crippen molar-refractivity contribution in [3.63, 3.8) is 0 Å². The SMILES string of the molecule is COc1ccc(NC(=O)C(=O)N/N=C\c2ccc(OCc3ccc(Cl)cc3)cc2)c(OC)c1. The summed E-state index contributed by atoms with van der Waals surface area (Å²) in [5.74, 6) is -0.217. The molecule has 8 nitrogen and oxygen atoms in total. The maximum atomic E-state index is 12.1. The van der Waals surface area contributed by atoms with Crippen LogP contribution in [0.2, 0.25) is 5.02 Å². The van der Waals surface area contributed by atoms with E-state index in [0.29, 0.717) is 40.1 Å². The number of carbonyl (C=O) groups is 2. The Bertz CT molecular complexity index is 1130. The Balaban J connectivity index is 1.49. The van der Waals surface area contributed by atoms with Crippen molar-refractivity contribution in [3.05, 3.63) is 82.9 Å². The molecule has 0 saturated heterocycles. The largest absolute Gasteiger partial charge is 0.497 e. The number of benzene rings is 3. The van der Waals surface area contributed by atoms with Crippen LogP contribution in [0.4, 0.5) is 5.69 Å². The van der Waals surface area contributed by atoms with E-state index in [9.17, 15) is 9.59 Å². The average molecular weight is 468 g/mol. The van der Waals surface area contributed by atoms with Gasteiger partial charge >= 0.3 is 11.8 Å². The number of rotatable bonds is 8. The third kappa shape index (κ3) is 6.98. The van der Waals surface area contributed by atoms with Crippen LogP contribution >= 0.6 is 11.6 Å². The topological polar surface area (TPSA) is 98.2 Å². The Labute approximate surface area is 196 Å². The Morgan fingerprint density at radius 3 is 2.27 bits per heavy atom. The van der Waals surface area contributed by atoms with Crippen molar-refractivity contribution >= 4 is 35.3 Å². The predicted molar refractivity (Wildman–Crippen MR) is 126 cm³/mol. The minimum Gasteiger partial charge on any atom is -0.497 e. The zero-order valence-corrected chi connectivity index (χ0v) is 18.8. The third-order valence-electron chi connectivity index (χ3n) is 4.44. The zero-order chi connectivity index (χ0) is 23.6. The number of halogens is 1. The molecule has 3 aromatic rings. The summed E-state index contributed by atoms with van der Waals surface area (Å²) in [6.45, 7) is 0.411. The summed E-state index contributed by atoms with van der Waals surface area (Å²) in [6.07, 6.45) is 1.42. The van der Waals surface area contributed by atoms with Gasteiger partial charge in [0.2, 0.25) is 0 Å². The van der Waals surface area contributed by atoms with E-state index in [4.69, 9.17) is 25.8 Å². The van der Waals surface area contributed by atoms with Gasteiger partial charge in [0.05, 0.1) is 26.1 Å². The quantitative estimate of drug-likeness (QED) is 0.296. The molecule has 0 aliphatic heterocycles. The minimum absolute atomic E-state index is 0.330. The molecule has 0 unspecified atom stereocenters. The molecule has 0 fully saturated rings. The van der Waals surface area contributed by atoms with E-state index in [0.717, 1.165) is 5.56 Å². The molecule has 2 N–H and O–H groups in total. The molecule has 170 valence electrons. The highest BCUT2D eigenvalue weighted by atomic mass is 35.5.